The molecule has 1 N–H and O–H groups in total. The molecule has 0 saturated carbocycles. The first kappa shape index (κ1) is 26.9. The lowest BCUT2D eigenvalue weighted by Crippen LogP contribution is -2.66. The molecule has 3 aliphatic heterocycles. The van der Waals surface area contributed by atoms with Gasteiger partial charge in [-0.15, -0.1) is 0 Å². The van der Waals surface area contributed by atoms with Crippen molar-refractivity contribution < 1.29 is 19.1 Å². The van der Waals surface area contributed by atoms with Crippen LogP contribution in [0.5, 0.6) is 0 Å². The summed E-state index contributed by atoms with van der Waals surface area (Å²) in [4.78, 5) is 36.0. The number of urea groups is 1. The highest BCUT2D eigenvalue weighted by atomic mass is 35.5. The van der Waals surface area contributed by atoms with Gasteiger partial charge in [0.05, 0.1) is 23.5 Å². The molecule has 0 aromatic heterocycles. The number of amides is 3. The predicted molar refractivity (Wildman–Crippen MR) is 153 cm³/mol. The van der Waals surface area contributed by atoms with Crippen molar-refractivity contribution in [1.29, 1.82) is 0 Å². The average molecular weight is 582 g/mol. The fraction of sp³-hybridized carbons (Fsp3) is 0.367. The number of nitrogens with zero attached hydrogens (tertiary/aromatic N) is 3. The van der Waals surface area contributed by atoms with E-state index in [0.29, 0.717) is 33.0 Å². The third kappa shape index (κ3) is 3.80. The summed E-state index contributed by atoms with van der Waals surface area (Å²) in [6.07, 6.45) is 1.71. The minimum Gasteiger partial charge on any atom is -0.494 e. The summed E-state index contributed by atoms with van der Waals surface area (Å²) in [6.45, 7) is 7.59. The van der Waals surface area contributed by atoms with Gasteiger partial charge < -0.3 is 14.8 Å². The van der Waals surface area contributed by atoms with Crippen molar-refractivity contribution >= 4 is 41.0 Å². The molecule has 4 atom stereocenters. The number of benzene rings is 2. The molecule has 2 aromatic carbocycles. The van der Waals surface area contributed by atoms with Gasteiger partial charge in [-0.3, -0.25) is 19.6 Å². The van der Waals surface area contributed by atoms with Crippen molar-refractivity contribution in [2.75, 3.05) is 13.7 Å². The molecule has 0 radical (unpaired) electrons. The molecule has 10 heteroatoms. The molecule has 1 fully saturated rings. The van der Waals surface area contributed by atoms with E-state index < -0.39 is 23.1 Å². The van der Waals surface area contributed by atoms with Gasteiger partial charge in [-0.05, 0) is 63.1 Å². The standard InChI is InChI=1S/C30H30Cl2N4O4/c1-16(2)40-21-14-29(3,39-5)25-26-30(21,4)27-34-23(19-8-6-7-9-20(19)32)24(17-10-12-18(31)13-11-17)36(27)28(38)35(26)15-22(37)33-25/h6-14,16,23-24H,15H2,1-5H3,(H,33,37)/t23-,24+,29?,30?/m0/s1. The van der Waals surface area contributed by atoms with Gasteiger partial charge in [0, 0.05) is 17.2 Å². The number of methoxy groups -OCH3 is 1. The van der Waals surface area contributed by atoms with E-state index in [1.807, 2.05) is 70.2 Å². The molecular formula is C30H30Cl2N4O4. The number of hydrogen-bond donors (Lipinski definition) is 1. The van der Waals surface area contributed by atoms with E-state index in [9.17, 15) is 9.59 Å². The molecule has 0 bridgehead atoms. The quantitative estimate of drug-likeness (QED) is 0.470. The summed E-state index contributed by atoms with van der Waals surface area (Å²) in [5, 5.41) is 4.13. The van der Waals surface area contributed by atoms with Crippen molar-refractivity contribution in [3.63, 3.8) is 0 Å². The molecule has 40 heavy (non-hydrogen) atoms. The van der Waals surface area contributed by atoms with Crippen LogP contribution in [0.4, 0.5) is 4.79 Å². The lowest BCUT2D eigenvalue weighted by Gasteiger charge is -2.54. The number of nitrogens with one attached hydrogen (secondary N) is 1. The largest absolute Gasteiger partial charge is 0.494 e. The molecule has 4 aliphatic rings. The zero-order valence-electron chi connectivity index (χ0n) is 22.9. The van der Waals surface area contributed by atoms with Crippen LogP contribution < -0.4 is 5.32 Å². The van der Waals surface area contributed by atoms with Gasteiger partial charge in [-0.25, -0.2) is 4.79 Å². The number of aliphatic imine (C=N–C) groups is 1. The normalized spacial score (nSPS) is 29.2. The van der Waals surface area contributed by atoms with Gasteiger partial charge in [0.15, 0.2) is 0 Å². The van der Waals surface area contributed by atoms with Gasteiger partial charge in [0.25, 0.3) is 0 Å². The van der Waals surface area contributed by atoms with Crippen LogP contribution in [0.15, 0.2) is 76.8 Å². The van der Waals surface area contributed by atoms with E-state index in [4.69, 9.17) is 37.7 Å². The summed E-state index contributed by atoms with van der Waals surface area (Å²) in [5.74, 6) is 0.814. The van der Waals surface area contributed by atoms with E-state index in [1.54, 1.807) is 29.0 Å². The van der Waals surface area contributed by atoms with Crippen LogP contribution >= 0.6 is 23.2 Å². The molecule has 1 aliphatic carbocycles. The van der Waals surface area contributed by atoms with Gasteiger partial charge in [0.2, 0.25) is 5.91 Å². The van der Waals surface area contributed by atoms with E-state index in [1.165, 1.54) is 0 Å². The second-order valence-electron chi connectivity index (χ2n) is 11.0. The molecule has 2 unspecified atom stereocenters. The van der Waals surface area contributed by atoms with Gasteiger partial charge in [-0.1, -0.05) is 53.5 Å². The molecule has 208 valence electrons. The summed E-state index contributed by atoms with van der Waals surface area (Å²) >= 11 is 13.0. The highest BCUT2D eigenvalue weighted by Crippen LogP contribution is 2.58. The number of carbonyl (C=O) groups excluding carboxylic acids is 2. The highest BCUT2D eigenvalue weighted by molar-refractivity contribution is 6.31. The maximum absolute atomic E-state index is 14.5. The molecule has 6 rings (SSSR count). The van der Waals surface area contributed by atoms with Crippen molar-refractivity contribution in [3.05, 3.63) is 92.9 Å². The van der Waals surface area contributed by atoms with Crippen molar-refractivity contribution in [3.8, 4) is 0 Å². The molecule has 0 spiro atoms. The number of rotatable bonds is 5. The Kier molecular flexibility index (Phi) is 6.29. The molecule has 2 aromatic rings. The van der Waals surface area contributed by atoms with Crippen LogP contribution in [-0.2, 0) is 14.3 Å². The number of hydrogen-bond acceptors (Lipinski definition) is 5. The monoisotopic (exact) mass is 580 g/mol. The van der Waals surface area contributed by atoms with Crippen molar-refractivity contribution in [2.24, 2.45) is 10.4 Å². The minimum absolute atomic E-state index is 0.143. The first-order valence-electron chi connectivity index (χ1n) is 13.2. The first-order chi connectivity index (χ1) is 19.0. The third-order valence-corrected chi connectivity index (χ3v) is 8.71. The Morgan fingerprint density at radius 2 is 1.77 bits per heavy atom. The lowest BCUT2D eigenvalue weighted by molar-refractivity contribution is -0.123. The number of halogens is 2. The van der Waals surface area contributed by atoms with E-state index in [-0.39, 0.29) is 24.6 Å². The second-order valence-corrected chi connectivity index (χ2v) is 11.9. The Balaban J connectivity index is 1.64. The third-order valence-electron chi connectivity index (χ3n) is 8.12. The summed E-state index contributed by atoms with van der Waals surface area (Å²) < 4.78 is 12.4. The van der Waals surface area contributed by atoms with Crippen LogP contribution in [0.25, 0.3) is 0 Å². The number of ether oxygens (including phenoxy) is 2. The summed E-state index contributed by atoms with van der Waals surface area (Å²) in [6, 6.07) is 13.5. The smallest absolute Gasteiger partial charge is 0.330 e. The maximum atomic E-state index is 14.5. The Hall–Kier alpha value is -3.33. The summed E-state index contributed by atoms with van der Waals surface area (Å²) in [5.41, 5.74) is 0.685. The van der Waals surface area contributed by atoms with Gasteiger partial charge in [0.1, 0.15) is 35.2 Å². The van der Waals surface area contributed by atoms with Crippen LogP contribution in [0.3, 0.4) is 0 Å². The fourth-order valence-corrected chi connectivity index (χ4v) is 6.57. The molecule has 3 amide bonds. The molecular weight excluding hydrogens is 551 g/mol. The SMILES string of the molecule is COC1(C)C=C(OC(C)C)C2(C)C3=N[C@@H](c4ccccc4Cl)[C@@H](c4ccc(Cl)cc4)N3C(=O)N3CC(=O)NC1=C32. The van der Waals surface area contributed by atoms with Crippen LogP contribution in [0, 0.1) is 5.41 Å². The number of amidine groups is 1. The predicted octanol–water partition coefficient (Wildman–Crippen LogP) is 6.00. The van der Waals surface area contributed by atoms with E-state index >= 15 is 0 Å². The topological polar surface area (TPSA) is 83.5 Å². The Morgan fingerprint density at radius 1 is 1.07 bits per heavy atom. The lowest BCUT2D eigenvalue weighted by atomic mass is 9.71. The van der Waals surface area contributed by atoms with E-state index in [0.717, 1.165) is 11.1 Å². The van der Waals surface area contributed by atoms with Gasteiger partial charge in [-0.2, -0.15) is 0 Å². The fourth-order valence-electron chi connectivity index (χ4n) is 6.20. The maximum Gasteiger partial charge on any atom is 0.330 e. The van der Waals surface area contributed by atoms with Crippen molar-refractivity contribution in [2.45, 2.75) is 51.5 Å². The summed E-state index contributed by atoms with van der Waals surface area (Å²) in [7, 11) is 1.57. The molecule has 3 heterocycles. The van der Waals surface area contributed by atoms with Crippen LogP contribution in [0.1, 0.15) is 50.9 Å². The Morgan fingerprint density at radius 3 is 2.42 bits per heavy atom. The Bertz CT molecular complexity index is 1520. The molecule has 8 nitrogen and oxygen atoms in total. The second kappa shape index (κ2) is 9.36. The van der Waals surface area contributed by atoms with Crippen LogP contribution in [-0.4, -0.2) is 52.9 Å². The zero-order chi connectivity index (χ0) is 28.6. The zero-order valence-corrected chi connectivity index (χ0v) is 24.4. The van der Waals surface area contributed by atoms with E-state index in [2.05, 4.69) is 5.32 Å². The average Bonchev–Trinajstić information content (AvgIpc) is 3.32. The Labute approximate surface area is 243 Å². The minimum atomic E-state index is -1.03. The van der Waals surface area contributed by atoms with Crippen LogP contribution in [0.2, 0.25) is 10.0 Å². The number of fused-ring (bicyclic) bond motifs is 2. The highest BCUT2D eigenvalue weighted by Gasteiger charge is 2.63. The number of carbonyl (C=O) groups is 2. The van der Waals surface area contributed by atoms with Gasteiger partial charge >= 0.3 is 6.03 Å². The molecule has 1 saturated heterocycles. The van der Waals surface area contributed by atoms with Crippen molar-refractivity contribution in [1.82, 2.24) is 15.1 Å². The first-order valence-corrected chi connectivity index (χ1v) is 13.9.